The Morgan fingerprint density at radius 1 is 1.13 bits per heavy atom. The number of nitrogens with zero attached hydrogens (tertiary/aromatic N) is 3. The van der Waals surface area contributed by atoms with E-state index in [2.05, 4.69) is 20.7 Å². The maximum atomic E-state index is 13.6. The van der Waals surface area contributed by atoms with Gasteiger partial charge in [-0.3, -0.25) is 14.8 Å². The first kappa shape index (κ1) is 21.2. The molecule has 0 radical (unpaired) electrons. The molecule has 0 spiro atoms. The number of benzene rings is 2. The van der Waals surface area contributed by atoms with Crippen LogP contribution in [0.1, 0.15) is 39.8 Å². The molecule has 0 aliphatic carbocycles. The molecule has 156 valence electrons. The predicted molar refractivity (Wildman–Crippen MR) is 117 cm³/mol. The van der Waals surface area contributed by atoms with E-state index in [0.29, 0.717) is 17.8 Å². The molecule has 0 fully saturated rings. The van der Waals surface area contributed by atoms with Crippen molar-refractivity contribution in [2.45, 2.75) is 40.8 Å². The summed E-state index contributed by atoms with van der Waals surface area (Å²) in [6, 6.07) is 13.3. The van der Waals surface area contributed by atoms with E-state index in [-0.39, 0.29) is 17.7 Å². The minimum absolute atomic E-state index is 0.246. The number of aromatic nitrogens is 2. The van der Waals surface area contributed by atoms with Gasteiger partial charge >= 0.3 is 0 Å². The Morgan fingerprint density at radius 2 is 1.90 bits per heavy atom. The molecule has 3 aromatic rings. The van der Waals surface area contributed by atoms with Crippen LogP contribution in [0, 0.1) is 26.6 Å². The second-order valence-corrected chi connectivity index (χ2v) is 7.09. The topological polar surface area (TPSA) is 71.3 Å². The van der Waals surface area contributed by atoms with Gasteiger partial charge in [0, 0.05) is 29.1 Å². The number of amides is 1. The van der Waals surface area contributed by atoms with Crippen LogP contribution < -0.4 is 10.6 Å². The highest BCUT2D eigenvalue weighted by Crippen LogP contribution is 2.15. The normalized spacial score (nSPS) is 11.4. The molecule has 7 heteroatoms. The molecule has 1 amide bonds. The van der Waals surface area contributed by atoms with Crippen molar-refractivity contribution in [1.82, 2.24) is 15.1 Å². The lowest BCUT2D eigenvalue weighted by Crippen LogP contribution is -2.36. The number of rotatable bonds is 5. The van der Waals surface area contributed by atoms with Gasteiger partial charge in [0.05, 0.1) is 12.2 Å². The van der Waals surface area contributed by atoms with Gasteiger partial charge in [0.25, 0.3) is 5.91 Å². The zero-order valence-electron chi connectivity index (χ0n) is 17.7. The zero-order valence-corrected chi connectivity index (χ0v) is 17.7. The van der Waals surface area contributed by atoms with Crippen molar-refractivity contribution in [2.75, 3.05) is 5.32 Å². The summed E-state index contributed by atoms with van der Waals surface area (Å²) in [7, 11) is 0. The van der Waals surface area contributed by atoms with Gasteiger partial charge in [-0.05, 0) is 58.0 Å². The predicted octanol–water partition coefficient (Wildman–Crippen LogP) is 4.37. The number of carbonyl (C=O) groups excluding carboxylic acids is 1. The summed E-state index contributed by atoms with van der Waals surface area (Å²) in [5, 5.41) is 10.3. The molecule has 1 heterocycles. The maximum absolute atomic E-state index is 13.6. The van der Waals surface area contributed by atoms with Gasteiger partial charge < -0.3 is 5.32 Å². The summed E-state index contributed by atoms with van der Waals surface area (Å²) >= 11 is 0. The fourth-order valence-electron chi connectivity index (χ4n) is 3.21. The summed E-state index contributed by atoms with van der Waals surface area (Å²) in [6.45, 7) is 9.01. The van der Waals surface area contributed by atoms with Crippen molar-refractivity contribution in [3.63, 3.8) is 0 Å². The van der Waals surface area contributed by atoms with Gasteiger partial charge in [0.2, 0.25) is 5.96 Å². The Bertz CT molecular complexity index is 1090. The standard InChI is InChI=1S/C23H26FN5O/c1-5-29-17(4)21(16(3)28-29)14-25-23(26-20-11-7-10-19(24)13-20)27-22(30)18-9-6-8-15(2)12-18/h6-13H,5,14H2,1-4H3,(H2,25,26,27,30). The second kappa shape index (κ2) is 9.35. The number of carbonyl (C=O) groups is 1. The lowest BCUT2D eigenvalue weighted by atomic mass is 10.1. The first-order valence-electron chi connectivity index (χ1n) is 9.85. The van der Waals surface area contributed by atoms with Crippen LogP contribution in [-0.4, -0.2) is 21.6 Å². The first-order chi connectivity index (χ1) is 14.4. The molecule has 0 atom stereocenters. The molecule has 0 aliphatic rings. The number of hydrogen-bond acceptors (Lipinski definition) is 3. The lowest BCUT2D eigenvalue weighted by molar-refractivity contribution is 0.0977. The van der Waals surface area contributed by atoms with E-state index < -0.39 is 0 Å². The third kappa shape index (κ3) is 5.11. The van der Waals surface area contributed by atoms with E-state index in [1.165, 1.54) is 12.1 Å². The molecule has 2 aromatic carbocycles. The largest absolute Gasteiger partial charge is 0.326 e. The molecule has 6 nitrogen and oxygen atoms in total. The van der Waals surface area contributed by atoms with Crippen LogP contribution in [-0.2, 0) is 13.1 Å². The Morgan fingerprint density at radius 3 is 2.57 bits per heavy atom. The number of nitrogens with one attached hydrogen (secondary N) is 2. The van der Waals surface area contributed by atoms with E-state index in [4.69, 9.17) is 0 Å². The molecule has 2 N–H and O–H groups in total. The molecule has 0 bridgehead atoms. The minimum atomic E-state index is -0.375. The summed E-state index contributed by atoms with van der Waals surface area (Å²) in [5.74, 6) is -0.422. The van der Waals surface area contributed by atoms with Crippen LogP contribution in [0.25, 0.3) is 0 Å². The number of halogens is 1. The molecule has 0 aliphatic heterocycles. The Hall–Kier alpha value is -3.48. The number of aryl methyl sites for hydroxylation is 3. The van der Waals surface area contributed by atoms with Crippen LogP contribution in [0.2, 0.25) is 0 Å². The van der Waals surface area contributed by atoms with Crippen LogP contribution in [0.3, 0.4) is 0 Å². The van der Waals surface area contributed by atoms with Crippen LogP contribution in [0.15, 0.2) is 53.5 Å². The van der Waals surface area contributed by atoms with Crippen molar-refractivity contribution in [3.8, 4) is 0 Å². The third-order valence-electron chi connectivity index (χ3n) is 4.83. The molecular formula is C23H26FN5O. The molecule has 3 rings (SSSR count). The van der Waals surface area contributed by atoms with Crippen molar-refractivity contribution in [3.05, 3.63) is 82.4 Å². The highest BCUT2D eigenvalue weighted by Gasteiger charge is 2.13. The molecule has 1 aromatic heterocycles. The Labute approximate surface area is 175 Å². The van der Waals surface area contributed by atoms with Crippen LogP contribution in [0.5, 0.6) is 0 Å². The van der Waals surface area contributed by atoms with Gasteiger partial charge in [-0.1, -0.05) is 23.8 Å². The number of hydrogen-bond donors (Lipinski definition) is 2. The zero-order chi connectivity index (χ0) is 21.7. The minimum Gasteiger partial charge on any atom is -0.326 e. The summed E-state index contributed by atoms with van der Waals surface area (Å²) in [4.78, 5) is 17.3. The molecule has 0 saturated heterocycles. The molecular weight excluding hydrogens is 381 g/mol. The number of aliphatic imine (C=N–C) groups is 1. The second-order valence-electron chi connectivity index (χ2n) is 7.09. The highest BCUT2D eigenvalue weighted by atomic mass is 19.1. The fraction of sp³-hybridized carbons (Fsp3) is 0.261. The van der Waals surface area contributed by atoms with Crippen molar-refractivity contribution < 1.29 is 9.18 Å². The highest BCUT2D eigenvalue weighted by molar-refractivity contribution is 6.10. The van der Waals surface area contributed by atoms with Gasteiger partial charge in [0.1, 0.15) is 5.82 Å². The van der Waals surface area contributed by atoms with E-state index in [0.717, 1.165) is 29.1 Å². The Kier molecular flexibility index (Phi) is 6.61. The first-order valence-corrected chi connectivity index (χ1v) is 9.85. The van der Waals surface area contributed by atoms with Gasteiger partial charge in [-0.2, -0.15) is 5.10 Å². The third-order valence-corrected chi connectivity index (χ3v) is 4.83. The monoisotopic (exact) mass is 407 g/mol. The molecule has 30 heavy (non-hydrogen) atoms. The van der Waals surface area contributed by atoms with Gasteiger partial charge in [-0.15, -0.1) is 0 Å². The number of guanidine groups is 1. The summed E-state index contributed by atoms with van der Waals surface area (Å²) < 4.78 is 15.5. The van der Waals surface area contributed by atoms with Crippen LogP contribution >= 0.6 is 0 Å². The van der Waals surface area contributed by atoms with E-state index in [1.807, 2.05) is 44.5 Å². The van der Waals surface area contributed by atoms with E-state index in [9.17, 15) is 9.18 Å². The number of anilines is 1. The van der Waals surface area contributed by atoms with E-state index in [1.54, 1.807) is 24.3 Å². The Balaban J connectivity index is 1.87. The molecule has 0 saturated carbocycles. The quantitative estimate of drug-likeness (QED) is 0.487. The van der Waals surface area contributed by atoms with Crippen LogP contribution in [0.4, 0.5) is 10.1 Å². The lowest BCUT2D eigenvalue weighted by Gasteiger charge is -2.12. The van der Waals surface area contributed by atoms with Crippen molar-refractivity contribution in [2.24, 2.45) is 4.99 Å². The van der Waals surface area contributed by atoms with Gasteiger partial charge in [0.15, 0.2) is 0 Å². The average molecular weight is 407 g/mol. The SMILES string of the molecule is CCn1nc(C)c(CN=C(NC(=O)c2cccc(C)c2)Nc2cccc(F)c2)c1C. The van der Waals surface area contributed by atoms with E-state index >= 15 is 0 Å². The average Bonchev–Trinajstić information content (AvgIpc) is 2.99. The maximum Gasteiger partial charge on any atom is 0.257 e. The fourth-order valence-corrected chi connectivity index (χ4v) is 3.21. The summed E-state index contributed by atoms with van der Waals surface area (Å²) in [5.41, 5.74) is 4.94. The van der Waals surface area contributed by atoms with Crippen molar-refractivity contribution >= 4 is 17.6 Å². The van der Waals surface area contributed by atoms with Crippen molar-refractivity contribution in [1.29, 1.82) is 0 Å². The summed E-state index contributed by atoms with van der Waals surface area (Å²) in [6.07, 6.45) is 0. The smallest absolute Gasteiger partial charge is 0.257 e. The molecule has 0 unspecified atom stereocenters. The van der Waals surface area contributed by atoms with Gasteiger partial charge in [-0.25, -0.2) is 9.38 Å².